The molecule has 0 aliphatic carbocycles. The zero-order valence-electron chi connectivity index (χ0n) is 50.8. The van der Waals surface area contributed by atoms with Crippen molar-refractivity contribution in [1.29, 1.82) is 0 Å². The fourth-order valence-corrected chi connectivity index (χ4v) is 14.1. The van der Waals surface area contributed by atoms with Crippen molar-refractivity contribution >= 4 is 86.3 Å². The van der Waals surface area contributed by atoms with E-state index in [1.165, 1.54) is 18.7 Å². The number of primary amides is 1. The Labute approximate surface area is 534 Å². The van der Waals surface area contributed by atoms with Crippen LogP contribution in [0.4, 0.5) is 8.78 Å². The van der Waals surface area contributed by atoms with E-state index in [2.05, 4.69) is 59.8 Å². The third-order valence-corrected chi connectivity index (χ3v) is 18.2. The van der Waals surface area contributed by atoms with Crippen molar-refractivity contribution < 1.29 is 109 Å². The number of nitrogens with two attached hydrogens (primary N) is 1. The number of aliphatic hydroxyl groups excluding tert-OH is 1. The number of hydrogen-bond donors (Lipinski definition) is 12. The Morgan fingerprint density at radius 2 is 1.34 bits per heavy atom. The van der Waals surface area contributed by atoms with Gasteiger partial charge in [0, 0.05) is 61.4 Å². The van der Waals surface area contributed by atoms with Gasteiger partial charge in [-0.05, 0) is 68.4 Å². The fraction of sp³-hybridized carbons (Fsp3) is 0.525. The molecule has 0 spiro atoms. The molecule has 9 amide bonds. The van der Waals surface area contributed by atoms with Crippen LogP contribution in [0, 0.1) is 23.0 Å². The quantitative estimate of drug-likeness (QED) is 0.0174. The van der Waals surface area contributed by atoms with Crippen LogP contribution in [0.5, 0.6) is 0 Å². The number of hydrogen-bond acceptors (Lipinski definition) is 13. The zero-order valence-corrected chi connectivity index (χ0v) is 54.1. The van der Waals surface area contributed by atoms with Crippen molar-refractivity contribution in [2.75, 3.05) is 29.5 Å². The average Bonchev–Trinajstić information content (AvgIpc) is 1.90. The number of carbonyl (C=O) groups excluding carboxylic acids is 9. The van der Waals surface area contributed by atoms with Crippen molar-refractivity contribution in [3.8, 4) is 11.1 Å². The highest BCUT2D eigenvalue weighted by Crippen LogP contribution is 2.42. The summed E-state index contributed by atoms with van der Waals surface area (Å²) in [6.45, 7) is 9.14. The lowest BCUT2D eigenvalue weighted by Crippen LogP contribution is -3.36. The lowest BCUT2D eigenvalue weighted by Gasteiger charge is -2.41. The van der Waals surface area contributed by atoms with Gasteiger partial charge in [-0.2, -0.15) is 0 Å². The molecule has 3 rings (SSSR count). The maximum atomic E-state index is 15.5. The van der Waals surface area contributed by atoms with Crippen LogP contribution in [0.25, 0.3) is 11.1 Å². The summed E-state index contributed by atoms with van der Waals surface area (Å²) >= 11 is 2.15. The van der Waals surface area contributed by atoms with Crippen LogP contribution >= 0.6 is 0 Å². The van der Waals surface area contributed by atoms with Crippen molar-refractivity contribution in [1.82, 2.24) is 46.7 Å². The summed E-state index contributed by atoms with van der Waals surface area (Å²) < 4.78 is 32.5. The SMILES string of the molecule is CC[C](CC)(CC(CC(=O)O)C(=O)NCC(=O)N[C@@H](C)C(=O)N[C@@H](C)C(=O)N[C@@H](CC(N)=O)C(=O)N[C@@H](CCN(C(=O)CO)[C@@H](c1cc(-c2cc(F)ccc2F)cn1Cc1ccccc1)C(C)(C)C)C(=O)NCCC(=O)N[C@@H](CCC(=O)O)C(=O)O)[Al][CH2][I-]. The van der Waals surface area contributed by atoms with Gasteiger partial charge in [0.1, 0.15) is 48.5 Å². The first kappa shape index (κ1) is 75.7. The maximum Gasteiger partial charge on any atom is 0.326 e. The van der Waals surface area contributed by atoms with E-state index in [1.54, 1.807) is 55.8 Å². The van der Waals surface area contributed by atoms with Crippen LogP contribution in [-0.2, 0) is 64.1 Å². The number of rotatable bonds is 38. The Morgan fingerprint density at radius 1 is 0.708 bits per heavy atom. The minimum absolute atomic E-state index is 0.108. The first-order valence-electron chi connectivity index (χ1n) is 28.8. The smallest absolute Gasteiger partial charge is 0.326 e. The summed E-state index contributed by atoms with van der Waals surface area (Å²) in [4.78, 5) is 157. The van der Waals surface area contributed by atoms with Gasteiger partial charge in [0.2, 0.25) is 53.2 Å². The number of amides is 9. The molecule has 0 aliphatic rings. The number of aromatic nitrogens is 1. The Morgan fingerprint density at radius 3 is 1.91 bits per heavy atom. The van der Waals surface area contributed by atoms with Crippen LogP contribution in [0.3, 0.4) is 0 Å². The van der Waals surface area contributed by atoms with E-state index in [0.717, 1.165) is 39.9 Å². The first-order chi connectivity index (χ1) is 41.8. The largest absolute Gasteiger partial charge is 0.813 e. The zero-order chi connectivity index (χ0) is 66.9. The van der Waals surface area contributed by atoms with Crippen molar-refractivity contribution in [3.63, 3.8) is 0 Å². The van der Waals surface area contributed by atoms with Crippen LogP contribution in [-0.4, -0.2) is 176 Å². The predicted molar refractivity (Wildman–Crippen MR) is 315 cm³/mol. The normalized spacial score (nSPS) is 13.7. The Kier molecular flexibility index (Phi) is 30.8. The lowest BCUT2D eigenvalue weighted by atomic mass is 9.82. The standard InChI is InChI=1S/C58H79F2N10O16.CH2I.Al/c1-8-34(9-2)23-36(25-50(78)79)54(82)63-28-47(74)64-32(3)52(80)65-33(4)53(81)68-43(27-45(61)72)56(84)67-41(55(83)62-21-19-46(73)66-42(57(85)86)17-18-49(76)77)20-22-70(48(75)31-71)51(58(5,6)7)44-24-37(39-26-38(59)15-16-40(39)60)30-69(44)29-35-13-11-10-12-14-35;1-2;/h10-16,24,26,30,32-33,36,41-43,51,71H,8-9,17-23,25,27-29,31H2,1-7H3,(H2,61,72)(H,62,83)(H,63,82)(H,64,74)(H,65,80)(H,66,73)(H,67,84)(H,68,81)(H,76,77)(H,78,79)(H,85,86);1H2;/q;-1;/t32-,33-,36?,41-,42-,43-,51-;;/m0../s1. The van der Waals surface area contributed by atoms with Crippen molar-refractivity contribution in [2.45, 2.75) is 153 Å². The maximum absolute atomic E-state index is 15.5. The number of aliphatic hydroxyl groups is 1. The number of aliphatic carboxylic acids is 3. The molecule has 488 valence electrons. The van der Waals surface area contributed by atoms with Crippen molar-refractivity contribution in [2.24, 2.45) is 17.1 Å². The molecule has 0 saturated carbocycles. The molecule has 1 unspecified atom stereocenters. The fourth-order valence-electron chi connectivity index (χ4n) is 9.94. The van der Waals surface area contributed by atoms with Crippen LogP contribution < -0.4 is 65.5 Å². The molecule has 0 fully saturated rings. The third-order valence-electron chi connectivity index (χ3n) is 14.8. The number of benzene rings is 2. The molecule has 2 radical (unpaired) electrons. The van der Waals surface area contributed by atoms with Gasteiger partial charge in [-0.3, -0.25) is 52.7 Å². The molecule has 1 heterocycles. The molecular weight excluding hydrogens is 1300 g/mol. The number of halogens is 3. The van der Waals surface area contributed by atoms with Crippen LogP contribution in [0.1, 0.15) is 124 Å². The predicted octanol–water partition coefficient (Wildman–Crippen LogP) is -1.63. The minimum atomic E-state index is -1.87. The third kappa shape index (κ3) is 24.7. The van der Waals surface area contributed by atoms with Gasteiger partial charge in [0.05, 0.1) is 25.4 Å². The molecule has 26 nitrogen and oxygen atoms in total. The van der Waals surface area contributed by atoms with Gasteiger partial charge in [0.25, 0.3) is 0 Å². The number of carbonyl (C=O) groups is 12. The van der Waals surface area contributed by atoms with Crippen LogP contribution in [0.15, 0.2) is 60.8 Å². The summed E-state index contributed by atoms with van der Waals surface area (Å²) in [6.07, 6.45) is -0.163. The molecule has 13 N–H and O–H groups in total. The highest BCUT2D eigenvalue weighted by Gasteiger charge is 2.39. The second-order valence-electron chi connectivity index (χ2n) is 22.6. The summed E-state index contributed by atoms with van der Waals surface area (Å²) in [5, 5.41) is 55.3. The van der Waals surface area contributed by atoms with E-state index in [4.69, 9.17) is 10.8 Å². The monoisotopic (exact) mass is 1380 g/mol. The van der Waals surface area contributed by atoms with Gasteiger partial charge in [-0.15, -0.1) is 0 Å². The highest BCUT2D eigenvalue weighted by molar-refractivity contribution is 6.39. The summed E-state index contributed by atoms with van der Waals surface area (Å²) in [6, 6.07) is 4.37. The van der Waals surface area contributed by atoms with Crippen LogP contribution in [0.2, 0.25) is 4.28 Å². The molecule has 0 aliphatic heterocycles. The summed E-state index contributed by atoms with van der Waals surface area (Å²) in [5.74, 6) is -15.1. The molecule has 1 aromatic heterocycles. The van der Waals surface area contributed by atoms with Gasteiger partial charge >= 0.3 is 17.9 Å². The molecule has 2 aromatic carbocycles. The molecule has 3 aromatic rings. The molecular formula is C59H81AlF2IN10O16-. The molecule has 7 atom stereocenters. The molecule has 0 bridgehead atoms. The molecule has 30 heteroatoms. The number of alkyl halides is 1. The number of carboxylic acid groups (broad SMARTS) is 3. The Hall–Kier alpha value is -7.56. The molecule has 89 heavy (non-hydrogen) atoms. The number of nitrogens with zero attached hydrogens (tertiary/aromatic N) is 2. The van der Waals surface area contributed by atoms with E-state index in [1.807, 2.05) is 26.0 Å². The molecule has 0 saturated heterocycles. The van der Waals surface area contributed by atoms with Gasteiger partial charge in [-0.25, -0.2) is 16.9 Å². The summed E-state index contributed by atoms with van der Waals surface area (Å²) in [5.41, 5.74) is 5.80. The van der Waals surface area contributed by atoms with Gasteiger partial charge < -0.3 is 95.4 Å². The van der Waals surface area contributed by atoms with Crippen molar-refractivity contribution in [3.05, 3.63) is 83.7 Å². The topological polar surface area (TPSA) is 404 Å². The van der Waals surface area contributed by atoms with Gasteiger partial charge in [-0.1, -0.05) is 82.1 Å². The summed E-state index contributed by atoms with van der Waals surface area (Å²) in [7, 11) is 0. The Balaban J connectivity index is 1.96. The average molecular weight is 1380 g/mol. The van der Waals surface area contributed by atoms with E-state index >= 15 is 4.39 Å². The first-order valence-corrected chi connectivity index (χ1v) is 31.7. The van der Waals surface area contributed by atoms with E-state index in [0.29, 0.717) is 12.1 Å². The van der Waals surface area contributed by atoms with E-state index in [9.17, 15) is 77.2 Å². The van der Waals surface area contributed by atoms with E-state index in [-0.39, 0.29) is 37.2 Å². The van der Waals surface area contributed by atoms with Gasteiger partial charge in [0.15, 0.2) is 15.2 Å². The second kappa shape index (κ2) is 36.2. The number of nitrogens with one attached hydrogen (secondary N) is 7. The lowest BCUT2D eigenvalue weighted by molar-refractivity contribution is -0.343. The van der Waals surface area contributed by atoms with E-state index < -0.39 is 195 Å². The second-order valence-corrected chi connectivity index (χ2v) is 27.2. The Bertz CT molecular complexity index is 3000. The minimum Gasteiger partial charge on any atom is -0.813 e. The highest BCUT2D eigenvalue weighted by atomic mass is 127. The number of carboxylic acids is 3.